The average Bonchev–Trinajstić information content (AvgIpc) is 3.00. The summed E-state index contributed by atoms with van der Waals surface area (Å²) >= 11 is 0. The van der Waals surface area contributed by atoms with E-state index in [0.29, 0.717) is 5.92 Å². The first-order valence-electron chi connectivity index (χ1n) is 5.53. The van der Waals surface area contributed by atoms with Crippen LogP contribution in [0.25, 0.3) is 11.4 Å². The van der Waals surface area contributed by atoms with Gasteiger partial charge in [0.1, 0.15) is 0 Å². The number of aryl methyl sites for hydroxylation is 1. The topological polar surface area (TPSA) is 43.6 Å². The molecule has 4 heteroatoms. The molecular formula is C13H12N4. The van der Waals surface area contributed by atoms with Gasteiger partial charge in [-0.25, -0.2) is 4.68 Å². The maximum Gasteiger partial charge on any atom is 0.182 e. The van der Waals surface area contributed by atoms with Crippen molar-refractivity contribution in [2.24, 2.45) is 7.05 Å². The van der Waals surface area contributed by atoms with Gasteiger partial charge in [-0.15, -0.1) is 5.10 Å². The Kier molecular flexibility index (Phi) is 2.33. The van der Waals surface area contributed by atoms with Crippen molar-refractivity contribution in [2.75, 3.05) is 0 Å². The molecule has 0 bridgehead atoms. The largest absolute Gasteiger partial charge is 0.229 e. The first-order valence-corrected chi connectivity index (χ1v) is 5.53. The van der Waals surface area contributed by atoms with Gasteiger partial charge in [-0.2, -0.15) is 0 Å². The lowest BCUT2D eigenvalue weighted by molar-refractivity contribution is 0.714. The lowest BCUT2D eigenvalue weighted by Gasteiger charge is -2.11. The van der Waals surface area contributed by atoms with Crippen LogP contribution < -0.4 is 0 Å². The summed E-state index contributed by atoms with van der Waals surface area (Å²) < 4.78 is 1.70. The molecule has 0 atom stereocenters. The molecule has 84 valence electrons. The molecule has 0 saturated heterocycles. The van der Waals surface area contributed by atoms with Crippen LogP contribution in [0.3, 0.4) is 0 Å². The number of allylic oxidation sites excluding steroid dienone is 4. The zero-order valence-corrected chi connectivity index (χ0v) is 9.49. The van der Waals surface area contributed by atoms with Crippen LogP contribution in [0.5, 0.6) is 0 Å². The van der Waals surface area contributed by atoms with E-state index in [2.05, 4.69) is 52.0 Å². The number of hydrogen-bond acceptors (Lipinski definition) is 3. The maximum atomic E-state index is 4.07. The molecule has 4 nitrogen and oxygen atoms in total. The molecular weight excluding hydrogens is 212 g/mol. The Morgan fingerprint density at radius 2 is 1.88 bits per heavy atom. The lowest BCUT2D eigenvalue weighted by atomic mass is 9.95. The van der Waals surface area contributed by atoms with Gasteiger partial charge in [-0.1, -0.05) is 48.6 Å². The summed E-state index contributed by atoms with van der Waals surface area (Å²) in [5.41, 5.74) is 2.32. The van der Waals surface area contributed by atoms with Crippen molar-refractivity contribution < 1.29 is 0 Å². The van der Waals surface area contributed by atoms with E-state index in [9.17, 15) is 0 Å². The van der Waals surface area contributed by atoms with Gasteiger partial charge < -0.3 is 0 Å². The molecule has 0 radical (unpaired) electrons. The Balaban J connectivity index is 2.14. The summed E-state index contributed by atoms with van der Waals surface area (Å²) in [6.07, 6.45) is 8.47. The van der Waals surface area contributed by atoms with Crippen LogP contribution in [-0.4, -0.2) is 20.2 Å². The molecule has 1 aromatic heterocycles. The molecule has 0 fully saturated rings. The average molecular weight is 224 g/mol. The highest BCUT2D eigenvalue weighted by Gasteiger charge is 2.15. The molecule has 2 aromatic rings. The smallest absolute Gasteiger partial charge is 0.182 e. The number of aromatic nitrogens is 4. The highest BCUT2D eigenvalue weighted by molar-refractivity contribution is 5.62. The van der Waals surface area contributed by atoms with Crippen molar-refractivity contribution in [3.63, 3.8) is 0 Å². The SMILES string of the molecule is Cn1nnnc1-c1ccccc1C1C=CC=C1. The maximum absolute atomic E-state index is 4.07. The standard InChI is InChI=1S/C13H12N4/c1-17-13(14-15-16-17)12-9-5-4-8-11(12)10-6-2-3-7-10/h2-10H,1H3. The molecule has 3 rings (SSSR count). The third kappa shape index (κ3) is 1.67. The Bertz CT molecular complexity index is 583. The second-order valence-electron chi connectivity index (χ2n) is 4.01. The molecule has 1 aliphatic rings. The minimum absolute atomic E-state index is 0.322. The minimum Gasteiger partial charge on any atom is -0.229 e. The quantitative estimate of drug-likeness (QED) is 0.784. The van der Waals surface area contributed by atoms with E-state index in [1.54, 1.807) is 4.68 Å². The van der Waals surface area contributed by atoms with Crippen LogP contribution in [0.4, 0.5) is 0 Å². The molecule has 0 aliphatic heterocycles. The Hall–Kier alpha value is -2.23. The minimum atomic E-state index is 0.322. The van der Waals surface area contributed by atoms with Crippen molar-refractivity contribution in [1.29, 1.82) is 0 Å². The number of benzene rings is 1. The van der Waals surface area contributed by atoms with Crippen molar-refractivity contribution >= 4 is 0 Å². The number of hydrogen-bond donors (Lipinski definition) is 0. The molecule has 0 saturated carbocycles. The fourth-order valence-corrected chi connectivity index (χ4v) is 2.09. The molecule has 1 aliphatic carbocycles. The second-order valence-corrected chi connectivity index (χ2v) is 4.01. The highest BCUT2D eigenvalue weighted by Crippen LogP contribution is 2.31. The third-order valence-corrected chi connectivity index (χ3v) is 2.93. The second kappa shape index (κ2) is 3.97. The van der Waals surface area contributed by atoms with Crippen molar-refractivity contribution in [1.82, 2.24) is 20.2 Å². The summed E-state index contributed by atoms with van der Waals surface area (Å²) in [4.78, 5) is 0. The molecule has 0 unspecified atom stereocenters. The monoisotopic (exact) mass is 224 g/mol. The van der Waals surface area contributed by atoms with Gasteiger partial charge in [0.05, 0.1) is 0 Å². The van der Waals surface area contributed by atoms with E-state index in [1.807, 2.05) is 19.2 Å². The van der Waals surface area contributed by atoms with E-state index in [1.165, 1.54) is 5.56 Å². The van der Waals surface area contributed by atoms with Crippen LogP contribution in [-0.2, 0) is 7.05 Å². The summed E-state index contributed by atoms with van der Waals surface area (Å²) in [6, 6.07) is 8.23. The van der Waals surface area contributed by atoms with E-state index in [0.717, 1.165) is 11.4 Å². The fraction of sp³-hybridized carbons (Fsp3) is 0.154. The van der Waals surface area contributed by atoms with E-state index in [-0.39, 0.29) is 0 Å². The van der Waals surface area contributed by atoms with Gasteiger partial charge in [0.15, 0.2) is 5.82 Å². The van der Waals surface area contributed by atoms with Gasteiger partial charge in [0.25, 0.3) is 0 Å². The summed E-state index contributed by atoms with van der Waals surface area (Å²) in [6.45, 7) is 0. The van der Waals surface area contributed by atoms with Gasteiger partial charge >= 0.3 is 0 Å². The summed E-state index contributed by atoms with van der Waals surface area (Å²) in [7, 11) is 1.85. The van der Waals surface area contributed by atoms with Crippen LogP contribution in [0.15, 0.2) is 48.6 Å². The third-order valence-electron chi connectivity index (χ3n) is 2.93. The van der Waals surface area contributed by atoms with Crippen LogP contribution >= 0.6 is 0 Å². The molecule has 17 heavy (non-hydrogen) atoms. The van der Waals surface area contributed by atoms with Gasteiger partial charge in [0.2, 0.25) is 0 Å². The molecule has 0 N–H and O–H groups in total. The Morgan fingerprint density at radius 3 is 2.59 bits per heavy atom. The van der Waals surface area contributed by atoms with E-state index in [4.69, 9.17) is 0 Å². The normalized spacial score (nSPS) is 14.6. The molecule has 0 spiro atoms. The molecule has 1 heterocycles. The van der Waals surface area contributed by atoms with Crippen LogP contribution in [0.1, 0.15) is 11.5 Å². The van der Waals surface area contributed by atoms with Gasteiger partial charge in [0, 0.05) is 18.5 Å². The zero-order chi connectivity index (χ0) is 11.7. The Labute approximate surface area is 99.3 Å². The zero-order valence-electron chi connectivity index (χ0n) is 9.49. The van der Waals surface area contributed by atoms with E-state index < -0.39 is 0 Å². The first-order chi connectivity index (χ1) is 8.36. The Morgan fingerprint density at radius 1 is 1.12 bits per heavy atom. The first kappa shape index (κ1) is 9.96. The van der Waals surface area contributed by atoms with Crippen molar-refractivity contribution in [2.45, 2.75) is 5.92 Å². The lowest BCUT2D eigenvalue weighted by Crippen LogP contribution is -1.99. The fourth-order valence-electron chi connectivity index (χ4n) is 2.09. The van der Waals surface area contributed by atoms with Gasteiger partial charge in [-0.3, -0.25) is 0 Å². The molecule has 1 aromatic carbocycles. The number of nitrogens with zero attached hydrogens (tertiary/aromatic N) is 4. The van der Waals surface area contributed by atoms with Crippen LogP contribution in [0, 0.1) is 0 Å². The van der Waals surface area contributed by atoms with Gasteiger partial charge in [-0.05, 0) is 16.0 Å². The summed E-state index contributed by atoms with van der Waals surface area (Å²) in [5, 5.41) is 11.6. The molecule has 0 amide bonds. The summed E-state index contributed by atoms with van der Waals surface area (Å²) in [5.74, 6) is 1.12. The number of rotatable bonds is 2. The number of tetrazole rings is 1. The van der Waals surface area contributed by atoms with Crippen molar-refractivity contribution in [3.05, 3.63) is 54.1 Å². The van der Waals surface area contributed by atoms with Crippen molar-refractivity contribution in [3.8, 4) is 11.4 Å². The van der Waals surface area contributed by atoms with Crippen LogP contribution in [0.2, 0.25) is 0 Å². The predicted molar refractivity (Wildman–Crippen MR) is 65.3 cm³/mol. The van der Waals surface area contributed by atoms with E-state index >= 15 is 0 Å². The highest BCUT2D eigenvalue weighted by atomic mass is 15.5. The predicted octanol–water partition coefficient (Wildman–Crippen LogP) is 2.09.